The molecule has 1 aliphatic rings. The average molecular weight is 268 g/mol. The molecule has 0 unspecified atom stereocenters. The third-order valence-corrected chi connectivity index (χ3v) is 3.57. The number of nitrogens with zero attached hydrogens (tertiary/aromatic N) is 1. The van der Waals surface area contributed by atoms with Gasteiger partial charge in [-0.1, -0.05) is 30.3 Å². The van der Waals surface area contributed by atoms with Crippen LogP contribution in [0.3, 0.4) is 0 Å². The Balaban J connectivity index is 1.64. The minimum absolute atomic E-state index is 0.0852. The molecule has 0 saturated carbocycles. The molecule has 0 amide bonds. The Labute approximate surface area is 113 Å². The molecule has 4 heteroatoms. The zero-order valence-electron chi connectivity index (χ0n) is 11.2. The van der Waals surface area contributed by atoms with Gasteiger partial charge < -0.3 is 10.2 Å². The van der Waals surface area contributed by atoms with Gasteiger partial charge in [0.05, 0.1) is 6.54 Å². The monoisotopic (exact) mass is 268 g/mol. The first-order valence-electron chi connectivity index (χ1n) is 7.05. The maximum Gasteiger partial charge on any atom is 0.285 e. The molecule has 1 fully saturated rings. The van der Waals surface area contributed by atoms with E-state index in [2.05, 4.69) is 10.2 Å². The molecule has 0 bridgehead atoms. The Bertz CT molecular complexity index is 362. The van der Waals surface area contributed by atoms with Gasteiger partial charge in [-0.15, -0.1) is 0 Å². The van der Waals surface area contributed by atoms with E-state index in [1.165, 1.54) is 38.1 Å². The normalized spacial score (nSPS) is 16.9. The van der Waals surface area contributed by atoms with Crippen LogP contribution in [0, 0.1) is 0 Å². The quantitative estimate of drug-likeness (QED) is 0.765. The molecular formula is C15H22F2N2. The van der Waals surface area contributed by atoms with Crippen molar-refractivity contribution in [3.63, 3.8) is 0 Å². The molecule has 2 rings (SSSR count). The number of nitrogens with one attached hydrogen (secondary N) is 1. The highest BCUT2D eigenvalue weighted by Gasteiger charge is 2.30. The zero-order chi connectivity index (χ0) is 13.6. The molecule has 1 heterocycles. The predicted octanol–water partition coefficient (Wildman–Crippen LogP) is 2.85. The number of rotatable bonds is 7. The van der Waals surface area contributed by atoms with Gasteiger partial charge >= 0.3 is 0 Å². The maximum atomic E-state index is 13.8. The van der Waals surface area contributed by atoms with Gasteiger partial charge in [0.1, 0.15) is 0 Å². The van der Waals surface area contributed by atoms with Crippen molar-refractivity contribution in [1.82, 2.24) is 10.2 Å². The van der Waals surface area contributed by atoms with Gasteiger partial charge in [0.2, 0.25) is 0 Å². The fourth-order valence-corrected chi connectivity index (χ4v) is 2.46. The minimum Gasteiger partial charge on any atom is -0.311 e. The molecule has 2 nitrogen and oxygen atoms in total. The fourth-order valence-electron chi connectivity index (χ4n) is 2.46. The van der Waals surface area contributed by atoms with Crippen LogP contribution in [0.5, 0.6) is 0 Å². The molecule has 1 aromatic rings. The highest BCUT2D eigenvalue weighted by Crippen LogP contribution is 2.26. The summed E-state index contributed by atoms with van der Waals surface area (Å²) in [6, 6.07) is 8.01. The molecule has 0 radical (unpaired) electrons. The second kappa shape index (κ2) is 6.96. The number of hydrogen-bond acceptors (Lipinski definition) is 2. The lowest BCUT2D eigenvalue weighted by Gasteiger charge is -2.18. The van der Waals surface area contributed by atoms with Gasteiger partial charge in [-0.3, -0.25) is 0 Å². The van der Waals surface area contributed by atoms with Crippen molar-refractivity contribution in [3.05, 3.63) is 35.9 Å². The average Bonchev–Trinajstić information content (AvgIpc) is 2.92. The van der Waals surface area contributed by atoms with Crippen molar-refractivity contribution >= 4 is 0 Å². The molecule has 1 aromatic carbocycles. The summed E-state index contributed by atoms with van der Waals surface area (Å²) >= 11 is 0. The lowest BCUT2D eigenvalue weighted by molar-refractivity contribution is -0.00308. The van der Waals surface area contributed by atoms with Gasteiger partial charge in [0, 0.05) is 5.56 Å². The Hall–Kier alpha value is -1.00. The third-order valence-electron chi connectivity index (χ3n) is 3.57. The van der Waals surface area contributed by atoms with Crippen molar-refractivity contribution < 1.29 is 8.78 Å². The number of halogens is 2. The lowest BCUT2D eigenvalue weighted by atomic mass is 10.1. The molecule has 1 aliphatic heterocycles. The van der Waals surface area contributed by atoms with Crippen LogP contribution < -0.4 is 5.32 Å². The summed E-state index contributed by atoms with van der Waals surface area (Å²) in [5.74, 6) is -2.78. The third kappa shape index (κ3) is 4.55. The molecule has 0 spiro atoms. The second-order valence-corrected chi connectivity index (χ2v) is 5.15. The molecule has 106 valence electrons. The summed E-state index contributed by atoms with van der Waals surface area (Å²) in [4.78, 5) is 2.40. The number of benzene rings is 1. The second-order valence-electron chi connectivity index (χ2n) is 5.15. The number of likely N-dealkylation sites (tertiary alicyclic amines) is 1. The number of hydrogen-bond donors (Lipinski definition) is 1. The highest BCUT2D eigenvalue weighted by atomic mass is 19.3. The Morgan fingerprint density at radius 3 is 2.47 bits per heavy atom. The van der Waals surface area contributed by atoms with E-state index < -0.39 is 5.92 Å². The molecule has 0 atom stereocenters. The largest absolute Gasteiger partial charge is 0.311 e. The Morgan fingerprint density at radius 2 is 1.79 bits per heavy atom. The van der Waals surface area contributed by atoms with Crippen LogP contribution in [0.1, 0.15) is 24.8 Å². The van der Waals surface area contributed by atoms with Gasteiger partial charge in [0.15, 0.2) is 0 Å². The summed E-state index contributed by atoms with van der Waals surface area (Å²) < 4.78 is 27.6. The van der Waals surface area contributed by atoms with Gasteiger partial charge in [-0.2, -0.15) is 8.78 Å². The molecule has 0 aliphatic carbocycles. The van der Waals surface area contributed by atoms with E-state index >= 15 is 0 Å². The van der Waals surface area contributed by atoms with Crippen LogP contribution in [0.25, 0.3) is 0 Å². The molecule has 19 heavy (non-hydrogen) atoms. The van der Waals surface area contributed by atoms with E-state index in [4.69, 9.17) is 0 Å². The maximum absolute atomic E-state index is 13.8. The van der Waals surface area contributed by atoms with Crippen LogP contribution in [0.15, 0.2) is 30.3 Å². The summed E-state index contributed by atoms with van der Waals surface area (Å²) in [6.07, 6.45) is 3.49. The first-order valence-corrected chi connectivity index (χ1v) is 7.05. The van der Waals surface area contributed by atoms with Crippen LogP contribution in [-0.2, 0) is 5.92 Å². The smallest absolute Gasteiger partial charge is 0.285 e. The van der Waals surface area contributed by atoms with E-state index in [1.807, 2.05) is 0 Å². The Kier molecular flexibility index (Phi) is 5.28. The van der Waals surface area contributed by atoms with E-state index in [0.717, 1.165) is 13.0 Å². The van der Waals surface area contributed by atoms with Crippen molar-refractivity contribution in [1.29, 1.82) is 0 Å². The van der Waals surface area contributed by atoms with Crippen LogP contribution in [0.2, 0.25) is 0 Å². The zero-order valence-corrected chi connectivity index (χ0v) is 11.2. The van der Waals surface area contributed by atoms with Gasteiger partial charge in [0.25, 0.3) is 5.92 Å². The SMILES string of the molecule is FC(F)(CNCCCN1CCCC1)c1ccccc1. The molecule has 1 N–H and O–H groups in total. The van der Waals surface area contributed by atoms with Gasteiger partial charge in [-0.05, 0) is 45.4 Å². The predicted molar refractivity (Wildman–Crippen MR) is 73.5 cm³/mol. The van der Waals surface area contributed by atoms with E-state index in [0.29, 0.717) is 6.54 Å². The van der Waals surface area contributed by atoms with Crippen molar-refractivity contribution in [2.45, 2.75) is 25.2 Å². The summed E-state index contributed by atoms with van der Waals surface area (Å²) in [5, 5.41) is 2.87. The van der Waals surface area contributed by atoms with Crippen LogP contribution in [-0.4, -0.2) is 37.6 Å². The van der Waals surface area contributed by atoms with Crippen LogP contribution in [0.4, 0.5) is 8.78 Å². The Morgan fingerprint density at radius 1 is 1.11 bits per heavy atom. The van der Waals surface area contributed by atoms with Crippen molar-refractivity contribution in [2.75, 3.05) is 32.7 Å². The van der Waals surface area contributed by atoms with Crippen LogP contribution >= 0.6 is 0 Å². The first-order chi connectivity index (χ1) is 9.18. The summed E-state index contributed by atoms with van der Waals surface area (Å²) in [5.41, 5.74) is 0.0852. The standard InChI is InChI=1S/C15H22F2N2/c16-15(17,14-7-2-1-3-8-14)13-18-9-6-12-19-10-4-5-11-19/h1-3,7-8,18H,4-6,9-13H2. The minimum atomic E-state index is -2.78. The number of alkyl halides is 2. The van der Waals surface area contributed by atoms with Gasteiger partial charge in [-0.25, -0.2) is 0 Å². The van der Waals surface area contributed by atoms with E-state index in [9.17, 15) is 8.78 Å². The fraction of sp³-hybridized carbons (Fsp3) is 0.600. The molecular weight excluding hydrogens is 246 g/mol. The topological polar surface area (TPSA) is 15.3 Å². The lowest BCUT2D eigenvalue weighted by Crippen LogP contribution is -2.32. The summed E-state index contributed by atoms with van der Waals surface area (Å²) in [6.45, 7) is 3.72. The first kappa shape index (κ1) is 14.4. The summed E-state index contributed by atoms with van der Waals surface area (Å²) in [7, 11) is 0. The highest BCUT2D eigenvalue weighted by molar-refractivity contribution is 5.20. The molecule has 1 saturated heterocycles. The van der Waals surface area contributed by atoms with E-state index in [1.54, 1.807) is 18.2 Å². The van der Waals surface area contributed by atoms with Crippen molar-refractivity contribution in [2.24, 2.45) is 0 Å². The van der Waals surface area contributed by atoms with E-state index in [-0.39, 0.29) is 12.1 Å². The van der Waals surface area contributed by atoms with Crippen molar-refractivity contribution in [3.8, 4) is 0 Å². The molecule has 0 aromatic heterocycles.